The van der Waals surface area contributed by atoms with Crippen molar-refractivity contribution < 1.29 is 0 Å². The molecular formula is C14H31N3. The topological polar surface area (TPSA) is 18.5 Å². The van der Waals surface area contributed by atoms with E-state index >= 15 is 0 Å². The third kappa shape index (κ3) is 5.36. The lowest BCUT2D eigenvalue weighted by Gasteiger charge is -2.39. The summed E-state index contributed by atoms with van der Waals surface area (Å²) in [5, 5.41) is 3.34. The van der Waals surface area contributed by atoms with Crippen LogP contribution in [-0.4, -0.2) is 62.2 Å². The maximum atomic E-state index is 3.34. The van der Waals surface area contributed by atoms with Crippen molar-refractivity contribution in [1.29, 1.82) is 0 Å². The van der Waals surface area contributed by atoms with Gasteiger partial charge in [0, 0.05) is 45.3 Å². The van der Waals surface area contributed by atoms with E-state index in [0.29, 0.717) is 0 Å². The van der Waals surface area contributed by atoms with E-state index in [0.717, 1.165) is 18.5 Å². The molecule has 0 aromatic heterocycles. The van der Waals surface area contributed by atoms with Gasteiger partial charge in [-0.2, -0.15) is 0 Å². The second-order valence-corrected chi connectivity index (χ2v) is 5.73. The van der Waals surface area contributed by atoms with Gasteiger partial charge in [0.05, 0.1) is 0 Å². The molecule has 0 bridgehead atoms. The van der Waals surface area contributed by atoms with Crippen LogP contribution in [0, 0.1) is 5.92 Å². The molecule has 1 saturated heterocycles. The van der Waals surface area contributed by atoms with Crippen LogP contribution >= 0.6 is 0 Å². The van der Waals surface area contributed by atoms with Crippen LogP contribution in [0.4, 0.5) is 0 Å². The minimum atomic E-state index is 0.742. The normalized spacial score (nSPS) is 21.0. The predicted molar refractivity (Wildman–Crippen MR) is 75.5 cm³/mol. The molecule has 1 heterocycles. The maximum Gasteiger partial charge on any atom is 0.0221 e. The summed E-state index contributed by atoms with van der Waals surface area (Å²) in [4.78, 5) is 5.29. The quantitative estimate of drug-likeness (QED) is 0.731. The number of nitrogens with one attached hydrogen (secondary N) is 1. The van der Waals surface area contributed by atoms with E-state index in [1.54, 1.807) is 0 Å². The minimum absolute atomic E-state index is 0.742. The SMILES string of the molecule is CCCC(CNC)N1CCN(CC(C)C)CC1. The molecule has 1 fully saturated rings. The molecular weight excluding hydrogens is 210 g/mol. The number of nitrogens with zero attached hydrogens (tertiary/aromatic N) is 2. The largest absolute Gasteiger partial charge is 0.318 e. The Labute approximate surface area is 108 Å². The number of piperazine rings is 1. The molecule has 0 aromatic rings. The van der Waals surface area contributed by atoms with Gasteiger partial charge in [0.1, 0.15) is 0 Å². The van der Waals surface area contributed by atoms with Crippen LogP contribution in [0.1, 0.15) is 33.6 Å². The highest BCUT2D eigenvalue weighted by atomic mass is 15.3. The van der Waals surface area contributed by atoms with Crippen molar-refractivity contribution in [1.82, 2.24) is 15.1 Å². The lowest BCUT2D eigenvalue weighted by Crippen LogP contribution is -2.53. The van der Waals surface area contributed by atoms with Crippen LogP contribution in [0.3, 0.4) is 0 Å². The molecule has 1 unspecified atom stereocenters. The second kappa shape index (κ2) is 8.06. The summed E-state index contributed by atoms with van der Waals surface area (Å²) in [5.41, 5.74) is 0. The summed E-state index contributed by atoms with van der Waals surface area (Å²) in [6.45, 7) is 14.3. The van der Waals surface area contributed by atoms with Gasteiger partial charge >= 0.3 is 0 Å². The van der Waals surface area contributed by atoms with Crippen molar-refractivity contribution in [3.63, 3.8) is 0 Å². The van der Waals surface area contributed by atoms with Gasteiger partial charge < -0.3 is 10.2 Å². The molecule has 3 heteroatoms. The standard InChI is InChI=1S/C14H31N3/c1-5-6-14(11-15-4)17-9-7-16(8-10-17)12-13(2)3/h13-15H,5-12H2,1-4H3. The van der Waals surface area contributed by atoms with Gasteiger partial charge in [-0.1, -0.05) is 27.2 Å². The maximum absolute atomic E-state index is 3.34. The van der Waals surface area contributed by atoms with E-state index < -0.39 is 0 Å². The molecule has 1 aliphatic heterocycles. The monoisotopic (exact) mass is 241 g/mol. The highest BCUT2D eigenvalue weighted by molar-refractivity contribution is 4.79. The second-order valence-electron chi connectivity index (χ2n) is 5.73. The highest BCUT2D eigenvalue weighted by Gasteiger charge is 2.22. The molecule has 0 radical (unpaired) electrons. The molecule has 0 amide bonds. The fourth-order valence-corrected chi connectivity index (χ4v) is 2.81. The zero-order chi connectivity index (χ0) is 12.7. The first-order valence-electron chi connectivity index (χ1n) is 7.28. The van der Waals surface area contributed by atoms with Gasteiger partial charge in [0.25, 0.3) is 0 Å². The molecule has 0 aromatic carbocycles. The number of hydrogen-bond donors (Lipinski definition) is 1. The molecule has 0 aliphatic carbocycles. The van der Waals surface area contributed by atoms with Crippen molar-refractivity contribution >= 4 is 0 Å². The Bertz CT molecular complexity index is 180. The highest BCUT2D eigenvalue weighted by Crippen LogP contribution is 2.11. The molecule has 1 atom stereocenters. The van der Waals surface area contributed by atoms with Crippen molar-refractivity contribution in [2.75, 3.05) is 46.3 Å². The Hall–Kier alpha value is -0.120. The Kier molecular flexibility index (Phi) is 7.09. The Morgan fingerprint density at radius 2 is 1.76 bits per heavy atom. The summed E-state index contributed by atoms with van der Waals surface area (Å²) < 4.78 is 0. The Balaban J connectivity index is 2.32. The van der Waals surface area contributed by atoms with Crippen molar-refractivity contribution in [3.05, 3.63) is 0 Å². The summed E-state index contributed by atoms with van der Waals surface area (Å²) in [7, 11) is 2.07. The zero-order valence-electron chi connectivity index (χ0n) is 12.2. The fraction of sp³-hybridized carbons (Fsp3) is 1.00. The zero-order valence-corrected chi connectivity index (χ0v) is 12.2. The van der Waals surface area contributed by atoms with Crippen LogP contribution in [-0.2, 0) is 0 Å². The predicted octanol–water partition coefficient (Wildman–Crippen LogP) is 1.65. The average Bonchev–Trinajstić information content (AvgIpc) is 2.29. The third-order valence-electron chi connectivity index (χ3n) is 3.61. The van der Waals surface area contributed by atoms with Crippen molar-refractivity contribution in [2.24, 2.45) is 5.92 Å². The van der Waals surface area contributed by atoms with E-state index in [9.17, 15) is 0 Å². The first-order valence-corrected chi connectivity index (χ1v) is 7.28. The van der Waals surface area contributed by atoms with Crippen molar-refractivity contribution in [3.8, 4) is 0 Å². The minimum Gasteiger partial charge on any atom is -0.318 e. The van der Waals surface area contributed by atoms with Gasteiger partial charge in [-0.15, -0.1) is 0 Å². The van der Waals surface area contributed by atoms with Gasteiger partial charge in [-0.05, 0) is 19.4 Å². The smallest absolute Gasteiger partial charge is 0.0221 e. The van der Waals surface area contributed by atoms with E-state index in [1.807, 2.05) is 0 Å². The summed E-state index contributed by atoms with van der Waals surface area (Å²) in [6, 6.07) is 0.742. The van der Waals surface area contributed by atoms with Gasteiger partial charge in [-0.25, -0.2) is 0 Å². The molecule has 1 N–H and O–H groups in total. The molecule has 17 heavy (non-hydrogen) atoms. The summed E-state index contributed by atoms with van der Waals surface area (Å²) >= 11 is 0. The third-order valence-corrected chi connectivity index (χ3v) is 3.61. The van der Waals surface area contributed by atoms with Crippen LogP contribution in [0.25, 0.3) is 0 Å². The van der Waals surface area contributed by atoms with Crippen LogP contribution in [0.2, 0.25) is 0 Å². The molecule has 102 valence electrons. The number of hydrogen-bond acceptors (Lipinski definition) is 3. The Morgan fingerprint density at radius 1 is 1.12 bits per heavy atom. The average molecular weight is 241 g/mol. The van der Waals surface area contributed by atoms with Crippen LogP contribution < -0.4 is 5.32 Å². The molecule has 1 rings (SSSR count). The first-order chi connectivity index (χ1) is 8.17. The summed E-state index contributed by atoms with van der Waals surface area (Å²) in [5.74, 6) is 0.797. The molecule has 1 aliphatic rings. The molecule has 0 spiro atoms. The van der Waals surface area contributed by atoms with Crippen LogP contribution in [0.5, 0.6) is 0 Å². The van der Waals surface area contributed by atoms with Crippen molar-refractivity contribution in [2.45, 2.75) is 39.7 Å². The lowest BCUT2D eigenvalue weighted by atomic mass is 10.1. The molecule has 0 saturated carbocycles. The van der Waals surface area contributed by atoms with E-state index in [2.05, 4.69) is 42.9 Å². The van der Waals surface area contributed by atoms with Gasteiger partial charge in [-0.3, -0.25) is 4.90 Å². The van der Waals surface area contributed by atoms with E-state index in [1.165, 1.54) is 45.6 Å². The van der Waals surface area contributed by atoms with E-state index in [-0.39, 0.29) is 0 Å². The van der Waals surface area contributed by atoms with Gasteiger partial charge in [0.15, 0.2) is 0 Å². The first kappa shape index (κ1) is 14.9. The fourth-order valence-electron chi connectivity index (χ4n) is 2.81. The number of rotatable bonds is 7. The van der Waals surface area contributed by atoms with E-state index in [4.69, 9.17) is 0 Å². The van der Waals surface area contributed by atoms with Gasteiger partial charge in [0.2, 0.25) is 0 Å². The Morgan fingerprint density at radius 3 is 2.24 bits per heavy atom. The number of likely N-dealkylation sites (N-methyl/N-ethyl adjacent to an activating group) is 1. The molecule has 3 nitrogen and oxygen atoms in total. The summed E-state index contributed by atoms with van der Waals surface area (Å²) in [6.07, 6.45) is 2.61. The lowest BCUT2D eigenvalue weighted by molar-refractivity contribution is 0.0852. The van der Waals surface area contributed by atoms with Crippen LogP contribution in [0.15, 0.2) is 0 Å².